The third kappa shape index (κ3) is 4.48. The maximum atomic E-state index is 12.1. The molecule has 0 atom stereocenters. The lowest BCUT2D eigenvalue weighted by atomic mass is 10.2. The summed E-state index contributed by atoms with van der Waals surface area (Å²) in [5.41, 5.74) is 0. The molecule has 0 N–H and O–H groups in total. The predicted octanol–water partition coefficient (Wildman–Crippen LogP) is 3.32. The van der Waals surface area contributed by atoms with Crippen LogP contribution in [-0.2, 0) is 4.79 Å². The second kappa shape index (κ2) is 6.97. The molecule has 3 nitrogen and oxygen atoms in total. The van der Waals surface area contributed by atoms with E-state index < -0.39 is 0 Å². The molecule has 0 unspecified atom stereocenters. The van der Waals surface area contributed by atoms with Crippen molar-refractivity contribution in [3.63, 3.8) is 0 Å². The first-order valence-electron chi connectivity index (χ1n) is 6.11. The van der Waals surface area contributed by atoms with Gasteiger partial charge in [-0.15, -0.1) is 0 Å². The summed E-state index contributed by atoms with van der Waals surface area (Å²) >= 11 is 2.22. The third-order valence-corrected chi connectivity index (χ3v) is 3.23. The van der Waals surface area contributed by atoms with E-state index in [9.17, 15) is 4.79 Å². The van der Waals surface area contributed by atoms with E-state index >= 15 is 0 Å². The molecule has 1 rings (SSSR count). The van der Waals surface area contributed by atoms with Gasteiger partial charge in [-0.3, -0.25) is 4.79 Å². The van der Waals surface area contributed by atoms with E-state index in [-0.39, 0.29) is 24.6 Å². The number of ether oxygens (including phenoxy) is 1. The number of nitrogens with zero attached hydrogens (tertiary/aromatic N) is 1. The third-order valence-electron chi connectivity index (χ3n) is 2.56. The second-order valence-electron chi connectivity index (χ2n) is 4.73. The van der Waals surface area contributed by atoms with Crippen molar-refractivity contribution in [2.75, 3.05) is 6.61 Å². The van der Waals surface area contributed by atoms with E-state index in [1.807, 2.05) is 56.9 Å². The Balaban J connectivity index is 2.60. The van der Waals surface area contributed by atoms with Gasteiger partial charge in [0.1, 0.15) is 5.75 Å². The summed E-state index contributed by atoms with van der Waals surface area (Å²) in [6.45, 7) is 8.16. The molecule has 18 heavy (non-hydrogen) atoms. The molecule has 4 heteroatoms. The molecule has 1 aromatic carbocycles. The number of amides is 1. The van der Waals surface area contributed by atoms with Gasteiger partial charge in [0, 0.05) is 15.7 Å². The molecular formula is C14H20INO2. The lowest BCUT2D eigenvalue weighted by Crippen LogP contribution is -2.44. The summed E-state index contributed by atoms with van der Waals surface area (Å²) in [6, 6.07) is 8.08. The van der Waals surface area contributed by atoms with Crippen molar-refractivity contribution >= 4 is 28.5 Å². The molecule has 100 valence electrons. The minimum atomic E-state index is 0.0267. The molecule has 0 saturated heterocycles. The quantitative estimate of drug-likeness (QED) is 0.753. The number of benzene rings is 1. The van der Waals surface area contributed by atoms with Gasteiger partial charge < -0.3 is 9.64 Å². The van der Waals surface area contributed by atoms with Crippen molar-refractivity contribution in [1.29, 1.82) is 0 Å². The van der Waals surface area contributed by atoms with E-state index in [1.54, 1.807) is 0 Å². The average molecular weight is 361 g/mol. The van der Waals surface area contributed by atoms with Crippen LogP contribution in [0.25, 0.3) is 0 Å². The smallest absolute Gasteiger partial charge is 0.260 e. The molecule has 0 aliphatic rings. The molecule has 1 aromatic rings. The van der Waals surface area contributed by atoms with Gasteiger partial charge in [-0.1, -0.05) is 6.07 Å². The topological polar surface area (TPSA) is 29.5 Å². The molecule has 0 saturated carbocycles. The highest BCUT2D eigenvalue weighted by molar-refractivity contribution is 14.1. The van der Waals surface area contributed by atoms with Gasteiger partial charge in [-0.05, 0) is 68.5 Å². The Labute approximate surface area is 123 Å². The van der Waals surface area contributed by atoms with Gasteiger partial charge in [-0.2, -0.15) is 0 Å². The first-order chi connectivity index (χ1) is 8.41. The van der Waals surface area contributed by atoms with Gasteiger partial charge >= 0.3 is 0 Å². The summed E-state index contributed by atoms with van der Waals surface area (Å²) in [7, 11) is 0. The predicted molar refractivity (Wildman–Crippen MR) is 81.8 cm³/mol. The van der Waals surface area contributed by atoms with Crippen LogP contribution in [0.15, 0.2) is 24.3 Å². The Bertz CT molecular complexity index is 397. The summed E-state index contributed by atoms with van der Waals surface area (Å²) in [4.78, 5) is 13.9. The minimum Gasteiger partial charge on any atom is -0.484 e. The number of rotatable bonds is 5. The fraction of sp³-hybridized carbons (Fsp3) is 0.500. The van der Waals surface area contributed by atoms with E-state index in [2.05, 4.69) is 22.6 Å². The molecule has 0 heterocycles. The van der Waals surface area contributed by atoms with Gasteiger partial charge in [0.05, 0.1) is 0 Å². The van der Waals surface area contributed by atoms with Crippen LogP contribution in [0.5, 0.6) is 5.75 Å². The van der Waals surface area contributed by atoms with E-state index in [0.29, 0.717) is 0 Å². The molecule has 0 spiro atoms. The number of carbonyl (C=O) groups excluding carboxylic acids is 1. The van der Waals surface area contributed by atoms with Crippen molar-refractivity contribution < 1.29 is 9.53 Å². The van der Waals surface area contributed by atoms with Crippen LogP contribution in [-0.4, -0.2) is 29.5 Å². The summed E-state index contributed by atoms with van der Waals surface area (Å²) in [6.07, 6.45) is 0. The van der Waals surface area contributed by atoms with Crippen LogP contribution in [0, 0.1) is 3.57 Å². The van der Waals surface area contributed by atoms with Crippen LogP contribution in [0.3, 0.4) is 0 Å². The largest absolute Gasteiger partial charge is 0.484 e. The summed E-state index contributed by atoms with van der Waals surface area (Å²) < 4.78 is 6.63. The first kappa shape index (κ1) is 15.3. The lowest BCUT2D eigenvalue weighted by Gasteiger charge is -2.30. The molecule has 1 amide bonds. The number of hydrogen-bond donors (Lipinski definition) is 0. The van der Waals surface area contributed by atoms with Crippen molar-refractivity contribution in [2.24, 2.45) is 0 Å². The summed E-state index contributed by atoms with van der Waals surface area (Å²) in [5, 5.41) is 0. The molecular weight excluding hydrogens is 341 g/mol. The Morgan fingerprint density at radius 2 is 1.89 bits per heavy atom. The minimum absolute atomic E-state index is 0.0267. The Morgan fingerprint density at radius 1 is 1.28 bits per heavy atom. The van der Waals surface area contributed by atoms with Crippen LogP contribution in [0.2, 0.25) is 0 Å². The monoisotopic (exact) mass is 361 g/mol. The second-order valence-corrected chi connectivity index (χ2v) is 5.98. The zero-order valence-corrected chi connectivity index (χ0v) is 13.5. The Kier molecular flexibility index (Phi) is 5.91. The van der Waals surface area contributed by atoms with Gasteiger partial charge in [0.15, 0.2) is 6.61 Å². The number of halogens is 1. The summed E-state index contributed by atoms with van der Waals surface area (Å²) in [5.74, 6) is 0.765. The van der Waals surface area contributed by atoms with Crippen LogP contribution >= 0.6 is 22.6 Å². The molecule has 0 fully saturated rings. The van der Waals surface area contributed by atoms with Gasteiger partial charge in [-0.25, -0.2) is 0 Å². The van der Waals surface area contributed by atoms with Gasteiger partial charge in [0.25, 0.3) is 5.91 Å². The van der Waals surface area contributed by atoms with Crippen LogP contribution < -0.4 is 4.74 Å². The SMILES string of the molecule is CC(C)N(C(=O)COc1cccc(I)c1)C(C)C. The van der Waals surface area contributed by atoms with Crippen LogP contribution in [0.1, 0.15) is 27.7 Å². The molecule has 0 radical (unpaired) electrons. The molecule has 0 aliphatic heterocycles. The zero-order chi connectivity index (χ0) is 13.7. The molecule has 0 aliphatic carbocycles. The van der Waals surface area contributed by atoms with Crippen molar-refractivity contribution in [1.82, 2.24) is 4.90 Å². The average Bonchev–Trinajstić information content (AvgIpc) is 2.25. The zero-order valence-electron chi connectivity index (χ0n) is 11.3. The van der Waals surface area contributed by atoms with E-state index in [1.165, 1.54) is 0 Å². The highest BCUT2D eigenvalue weighted by Gasteiger charge is 2.20. The Hall–Kier alpha value is -0.780. The van der Waals surface area contributed by atoms with Gasteiger partial charge in [0.2, 0.25) is 0 Å². The first-order valence-corrected chi connectivity index (χ1v) is 7.19. The van der Waals surface area contributed by atoms with Crippen molar-refractivity contribution in [3.05, 3.63) is 27.8 Å². The Morgan fingerprint density at radius 3 is 2.39 bits per heavy atom. The highest BCUT2D eigenvalue weighted by atomic mass is 127. The maximum Gasteiger partial charge on any atom is 0.260 e. The standard InChI is InChI=1S/C14H20INO2/c1-10(2)16(11(3)4)14(17)9-18-13-7-5-6-12(15)8-13/h5-8,10-11H,9H2,1-4H3. The van der Waals surface area contributed by atoms with E-state index in [4.69, 9.17) is 4.74 Å². The lowest BCUT2D eigenvalue weighted by molar-refractivity contribution is -0.136. The van der Waals surface area contributed by atoms with Crippen molar-refractivity contribution in [2.45, 2.75) is 39.8 Å². The van der Waals surface area contributed by atoms with Crippen LogP contribution in [0.4, 0.5) is 0 Å². The fourth-order valence-corrected chi connectivity index (χ4v) is 2.46. The molecule has 0 bridgehead atoms. The van der Waals surface area contributed by atoms with Crippen molar-refractivity contribution in [3.8, 4) is 5.75 Å². The normalized spacial score (nSPS) is 10.8. The maximum absolute atomic E-state index is 12.1. The number of hydrogen-bond acceptors (Lipinski definition) is 2. The highest BCUT2D eigenvalue weighted by Crippen LogP contribution is 2.15. The number of carbonyl (C=O) groups is 1. The van der Waals surface area contributed by atoms with E-state index in [0.717, 1.165) is 9.32 Å². The fourth-order valence-electron chi connectivity index (χ4n) is 1.95. The molecule has 0 aromatic heterocycles.